The van der Waals surface area contributed by atoms with E-state index in [0.29, 0.717) is 33.9 Å². The second kappa shape index (κ2) is 6.25. The van der Waals surface area contributed by atoms with Crippen LogP contribution in [-0.2, 0) is 0 Å². The van der Waals surface area contributed by atoms with Gasteiger partial charge in [0.25, 0.3) is 0 Å². The molecule has 1 unspecified atom stereocenters. The van der Waals surface area contributed by atoms with E-state index in [4.69, 9.17) is 21.8 Å². The first-order valence-electron chi connectivity index (χ1n) is 8.08. The zero-order chi connectivity index (χ0) is 18.3. The van der Waals surface area contributed by atoms with Crippen molar-refractivity contribution in [2.24, 2.45) is 5.73 Å². The minimum atomic E-state index is -0.425. The normalized spacial score (nSPS) is 16.3. The van der Waals surface area contributed by atoms with E-state index in [9.17, 15) is 5.26 Å². The van der Waals surface area contributed by atoms with Crippen LogP contribution in [0.15, 0.2) is 70.4 Å². The number of aryl methyl sites for hydroxylation is 1. The Hall–Kier alpha value is -3.23. The summed E-state index contributed by atoms with van der Waals surface area (Å²) in [5.74, 6) is 0.934. The topological polar surface area (TPSA) is 79.1 Å². The third-order valence-electron chi connectivity index (χ3n) is 4.34. The summed E-state index contributed by atoms with van der Waals surface area (Å²) in [4.78, 5) is 6.29. The minimum absolute atomic E-state index is 0.326. The van der Waals surface area contributed by atoms with Crippen LogP contribution in [0.3, 0.4) is 0 Å². The number of halogens is 1. The third-order valence-corrected chi connectivity index (χ3v) is 4.58. The van der Waals surface area contributed by atoms with Gasteiger partial charge in [-0.2, -0.15) is 5.26 Å². The van der Waals surface area contributed by atoms with Crippen molar-refractivity contribution < 1.29 is 4.42 Å². The Morgan fingerprint density at radius 2 is 1.96 bits per heavy atom. The van der Waals surface area contributed by atoms with Crippen molar-refractivity contribution in [2.45, 2.75) is 12.8 Å². The first-order chi connectivity index (χ1) is 12.6. The van der Waals surface area contributed by atoms with Crippen LogP contribution in [-0.4, -0.2) is 4.98 Å². The van der Waals surface area contributed by atoms with E-state index in [0.717, 1.165) is 11.3 Å². The van der Waals surface area contributed by atoms with E-state index in [1.165, 1.54) is 0 Å². The maximum Gasteiger partial charge on any atom is 0.230 e. The monoisotopic (exact) mass is 362 g/mol. The Morgan fingerprint density at radius 1 is 1.19 bits per heavy atom. The number of nitrogens with two attached hydrogens (primary N) is 1. The lowest BCUT2D eigenvalue weighted by Gasteiger charge is -2.31. The van der Waals surface area contributed by atoms with Crippen LogP contribution >= 0.6 is 11.6 Å². The number of aromatic nitrogens is 1. The predicted octanol–water partition coefficient (Wildman–Crippen LogP) is 4.61. The Balaban J connectivity index is 1.98. The molecule has 5 nitrogen and oxygen atoms in total. The lowest BCUT2D eigenvalue weighted by molar-refractivity contribution is 0.522. The van der Waals surface area contributed by atoms with Gasteiger partial charge in [0.1, 0.15) is 11.5 Å². The summed E-state index contributed by atoms with van der Waals surface area (Å²) in [6, 6.07) is 19.2. The Labute approximate surface area is 155 Å². The van der Waals surface area contributed by atoms with E-state index in [-0.39, 0.29) is 0 Å². The van der Waals surface area contributed by atoms with Crippen LogP contribution < -0.4 is 10.6 Å². The maximum atomic E-state index is 9.85. The lowest BCUT2D eigenvalue weighted by atomic mass is 9.86. The molecule has 0 radical (unpaired) electrons. The number of oxazole rings is 1. The van der Waals surface area contributed by atoms with E-state index in [1.54, 1.807) is 17.9 Å². The van der Waals surface area contributed by atoms with Gasteiger partial charge < -0.3 is 10.2 Å². The van der Waals surface area contributed by atoms with Gasteiger partial charge >= 0.3 is 0 Å². The summed E-state index contributed by atoms with van der Waals surface area (Å²) in [7, 11) is 0. The number of fused-ring (bicyclic) bond motifs is 1. The fraction of sp³-hybridized carbons (Fsp3) is 0.100. The average molecular weight is 363 g/mol. The molecule has 26 heavy (non-hydrogen) atoms. The van der Waals surface area contributed by atoms with Crippen LogP contribution in [0.25, 0.3) is 0 Å². The summed E-state index contributed by atoms with van der Waals surface area (Å²) < 4.78 is 5.88. The van der Waals surface area contributed by atoms with E-state index in [1.807, 2.05) is 48.5 Å². The number of hydrogen-bond acceptors (Lipinski definition) is 5. The molecule has 1 aliphatic heterocycles. The van der Waals surface area contributed by atoms with Crippen molar-refractivity contribution in [3.05, 3.63) is 88.2 Å². The molecule has 4 rings (SSSR count). The van der Waals surface area contributed by atoms with Gasteiger partial charge in [0.05, 0.1) is 23.2 Å². The summed E-state index contributed by atoms with van der Waals surface area (Å²) in [5.41, 5.74) is 9.14. The molecule has 0 bridgehead atoms. The van der Waals surface area contributed by atoms with E-state index in [2.05, 4.69) is 11.1 Å². The summed E-state index contributed by atoms with van der Waals surface area (Å²) >= 11 is 6.16. The summed E-state index contributed by atoms with van der Waals surface area (Å²) in [5, 5.41) is 10.4. The number of allylic oxidation sites excluding steroid dienone is 1. The van der Waals surface area contributed by atoms with Crippen LogP contribution in [0.5, 0.6) is 0 Å². The lowest BCUT2D eigenvalue weighted by Crippen LogP contribution is -2.31. The van der Waals surface area contributed by atoms with Crippen molar-refractivity contribution in [3.8, 4) is 6.07 Å². The highest BCUT2D eigenvalue weighted by molar-refractivity contribution is 6.30. The van der Waals surface area contributed by atoms with Crippen molar-refractivity contribution in [1.82, 2.24) is 4.98 Å². The Kier molecular flexibility index (Phi) is 3.90. The first-order valence-corrected chi connectivity index (χ1v) is 8.45. The molecule has 3 aromatic rings. The smallest absolute Gasteiger partial charge is 0.230 e. The zero-order valence-corrected chi connectivity index (χ0v) is 14.7. The highest BCUT2D eigenvalue weighted by Gasteiger charge is 2.38. The molecule has 2 aromatic carbocycles. The molecule has 0 saturated carbocycles. The largest absolute Gasteiger partial charge is 0.424 e. The number of nitriles is 1. The molecule has 1 aliphatic rings. The summed E-state index contributed by atoms with van der Waals surface area (Å²) in [6.45, 7) is 1.78. The average Bonchev–Trinajstić information content (AvgIpc) is 3.01. The number of rotatable bonds is 2. The molecular weight excluding hydrogens is 348 g/mol. The minimum Gasteiger partial charge on any atom is -0.424 e. The second-order valence-electron chi connectivity index (χ2n) is 5.99. The molecule has 128 valence electrons. The molecule has 0 amide bonds. The number of para-hydroxylation sites is 1. The Bertz CT molecular complexity index is 1050. The van der Waals surface area contributed by atoms with Gasteiger partial charge in [-0.05, 0) is 29.8 Å². The Morgan fingerprint density at radius 3 is 2.65 bits per heavy atom. The van der Waals surface area contributed by atoms with E-state index < -0.39 is 5.92 Å². The molecular formula is C20H15ClN4O. The first kappa shape index (κ1) is 16.2. The second-order valence-corrected chi connectivity index (χ2v) is 6.43. The van der Waals surface area contributed by atoms with Crippen molar-refractivity contribution in [2.75, 3.05) is 4.90 Å². The molecule has 0 saturated heterocycles. The number of hydrogen-bond donors (Lipinski definition) is 1. The van der Waals surface area contributed by atoms with Crippen molar-refractivity contribution >= 4 is 23.2 Å². The molecule has 0 fully saturated rings. The van der Waals surface area contributed by atoms with Gasteiger partial charge in [-0.1, -0.05) is 41.9 Å². The highest BCUT2D eigenvalue weighted by atomic mass is 35.5. The van der Waals surface area contributed by atoms with Gasteiger partial charge in [0, 0.05) is 11.9 Å². The molecule has 1 aromatic heterocycles. The molecule has 0 aliphatic carbocycles. The van der Waals surface area contributed by atoms with Crippen LogP contribution in [0.1, 0.15) is 23.1 Å². The molecule has 0 spiro atoms. The van der Waals surface area contributed by atoms with Gasteiger partial charge in [-0.3, -0.25) is 4.90 Å². The van der Waals surface area contributed by atoms with Crippen molar-refractivity contribution in [1.29, 1.82) is 5.26 Å². The molecule has 2 heterocycles. The SMILES string of the molecule is Cc1nc2c(o1)N(c1ccccc1)C(N)=C(C#N)C2c1cccc(Cl)c1. The molecule has 2 N–H and O–H groups in total. The summed E-state index contributed by atoms with van der Waals surface area (Å²) in [6.07, 6.45) is 0. The van der Waals surface area contributed by atoms with Crippen LogP contribution in [0.4, 0.5) is 11.6 Å². The maximum absolute atomic E-state index is 9.85. The zero-order valence-electron chi connectivity index (χ0n) is 14.0. The molecule has 6 heteroatoms. The predicted molar refractivity (Wildman–Crippen MR) is 99.9 cm³/mol. The fourth-order valence-electron chi connectivity index (χ4n) is 3.26. The van der Waals surface area contributed by atoms with Gasteiger partial charge in [-0.25, -0.2) is 4.98 Å². The van der Waals surface area contributed by atoms with Gasteiger partial charge in [0.2, 0.25) is 5.88 Å². The number of nitrogens with zero attached hydrogens (tertiary/aromatic N) is 3. The van der Waals surface area contributed by atoms with Gasteiger partial charge in [-0.15, -0.1) is 0 Å². The van der Waals surface area contributed by atoms with Crippen LogP contribution in [0, 0.1) is 18.3 Å². The standard InChI is InChI=1S/C20H15ClN4O/c1-12-24-18-17(13-6-5-7-14(21)10-13)16(11-22)19(23)25(20(18)26-12)15-8-3-2-4-9-15/h2-10,17H,23H2,1H3. The molecule has 1 atom stereocenters. The number of benzene rings is 2. The van der Waals surface area contributed by atoms with Gasteiger partial charge in [0.15, 0.2) is 5.89 Å². The quantitative estimate of drug-likeness (QED) is 0.719. The highest BCUT2D eigenvalue weighted by Crippen LogP contribution is 2.46. The van der Waals surface area contributed by atoms with Crippen molar-refractivity contribution in [3.63, 3.8) is 0 Å². The van der Waals surface area contributed by atoms with Crippen LogP contribution in [0.2, 0.25) is 5.02 Å². The third kappa shape index (κ3) is 2.52. The number of anilines is 2. The van der Waals surface area contributed by atoms with E-state index >= 15 is 0 Å². The fourth-order valence-corrected chi connectivity index (χ4v) is 3.46.